The molecule has 1 aromatic rings. The second kappa shape index (κ2) is 12.1. The van der Waals surface area contributed by atoms with Gasteiger partial charge in [-0.05, 0) is 143 Å². The lowest BCUT2D eigenvalue weighted by molar-refractivity contribution is -0.302. The number of benzene rings is 1. The second-order valence-electron chi connectivity index (χ2n) is 13.3. The molecule has 0 aliphatic heterocycles. The zero-order valence-corrected chi connectivity index (χ0v) is 22.9. The molecule has 5 rings (SSSR count). The van der Waals surface area contributed by atoms with Gasteiger partial charge in [-0.25, -0.2) is 13.2 Å². The summed E-state index contributed by atoms with van der Waals surface area (Å²) in [6, 6.07) is 2.27. The Kier molecular flexibility index (Phi) is 9.06. The predicted molar refractivity (Wildman–Crippen MR) is 139 cm³/mol. The highest BCUT2D eigenvalue weighted by molar-refractivity contribution is 5.23. The van der Waals surface area contributed by atoms with Crippen LogP contribution in [0.4, 0.5) is 22.0 Å². The number of halogens is 5. The Morgan fingerprint density at radius 3 is 1.53 bits per heavy atom. The first kappa shape index (κ1) is 28.4. The van der Waals surface area contributed by atoms with Gasteiger partial charge in [-0.2, -0.15) is 8.78 Å². The van der Waals surface area contributed by atoms with E-state index in [1.54, 1.807) is 0 Å². The molecule has 4 aliphatic carbocycles. The summed E-state index contributed by atoms with van der Waals surface area (Å²) in [4.78, 5) is 0. The summed E-state index contributed by atoms with van der Waals surface area (Å²) >= 11 is 0. The largest absolute Gasteiger partial charge is 0.358 e. The van der Waals surface area contributed by atoms with Crippen LogP contribution in [0.3, 0.4) is 0 Å². The van der Waals surface area contributed by atoms with Gasteiger partial charge in [0.05, 0.1) is 12.0 Å². The van der Waals surface area contributed by atoms with E-state index in [1.165, 1.54) is 25.7 Å². The fourth-order valence-corrected chi connectivity index (χ4v) is 8.42. The number of ether oxygens (including phenoxy) is 1. The van der Waals surface area contributed by atoms with Gasteiger partial charge in [-0.3, -0.25) is 0 Å². The van der Waals surface area contributed by atoms with Gasteiger partial charge in [0.2, 0.25) is 0 Å². The molecule has 0 heterocycles. The number of alkyl halides is 2. The third-order valence-corrected chi connectivity index (χ3v) is 10.9. The Bertz CT molecular complexity index is 879. The van der Waals surface area contributed by atoms with E-state index in [2.05, 4.69) is 6.92 Å². The van der Waals surface area contributed by atoms with Crippen molar-refractivity contribution in [1.82, 2.24) is 0 Å². The van der Waals surface area contributed by atoms with Crippen LogP contribution in [0.25, 0.3) is 0 Å². The number of hydrogen-bond acceptors (Lipinski definition) is 1. The van der Waals surface area contributed by atoms with Gasteiger partial charge < -0.3 is 4.74 Å². The van der Waals surface area contributed by atoms with Crippen LogP contribution in [0.2, 0.25) is 0 Å². The lowest BCUT2D eigenvalue weighted by Gasteiger charge is -2.41. The van der Waals surface area contributed by atoms with Crippen LogP contribution in [-0.4, -0.2) is 12.2 Å². The molecule has 0 N–H and O–H groups in total. The van der Waals surface area contributed by atoms with Crippen molar-refractivity contribution in [2.24, 2.45) is 35.5 Å². The van der Waals surface area contributed by atoms with Gasteiger partial charge in [-0.1, -0.05) is 19.8 Å². The molecule has 0 aromatic heterocycles. The minimum atomic E-state index is -3.03. The van der Waals surface area contributed by atoms with Crippen molar-refractivity contribution in [2.75, 3.05) is 0 Å². The highest BCUT2D eigenvalue weighted by Gasteiger charge is 2.46. The molecule has 6 heteroatoms. The van der Waals surface area contributed by atoms with Crippen molar-refractivity contribution in [3.63, 3.8) is 0 Å². The summed E-state index contributed by atoms with van der Waals surface area (Å²) in [5.74, 6) is -1.04. The van der Waals surface area contributed by atoms with Crippen LogP contribution in [0.1, 0.15) is 121 Å². The Hall–Kier alpha value is -1.17. The van der Waals surface area contributed by atoms with Gasteiger partial charge in [0.25, 0.3) is 0 Å². The van der Waals surface area contributed by atoms with Gasteiger partial charge in [0.1, 0.15) is 0 Å². The molecule has 0 amide bonds. The van der Waals surface area contributed by atoms with Crippen LogP contribution >= 0.6 is 0 Å². The normalized spacial score (nSPS) is 37.2. The summed E-state index contributed by atoms with van der Waals surface area (Å²) in [5.41, 5.74) is 0.543. The molecule has 0 saturated heterocycles. The van der Waals surface area contributed by atoms with Crippen LogP contribution < -0.4 is 0 Å². The summed E-state index contributed by atoms with van der Waals surface area (Å²) in [6.45, 7) is 2.33. The molecule has 0 spiro atoms. The molecule has 0 atom stereocenters. The first-order valence-corrected chi connectivity index (χ1v) is 15.4. The van der Waals surface area contributed by atoms with E-state index in [-0.39, 0.29) is 12.0 Å². The SMILES string of the molecule is CC1CCC(C2CCC(C(F)(F)OC3CCC(C4CCC(c5cc(F)c(F)c(F)c5)CC4)CC3)CC2)CC1. The molecule has 1 aromatic carbocycles. The molecular weight excluding hydrogens is 495 g/mol. The van der Waals surface area contributed by atoms with Crippen molar-refractivity contribution >= 4 is 0 Å². The van der Waals surface area contributed by atoms with E-state index >= 15 is 8.78 Å². The third kappa shape index (κ3) is 6.58. The average molecular weight is 541 g/mol. The van der Waals surface area contributed by atoms with Crippen LogP contribution in [-0.2, 0) is 4.74 Å². The van der Waals surface area contributed by atoms with Gasteiger partial charge in [0.15, 0.2) is 17.5 Å². The highest BCUT2D eigenvalue weighted by atomic mass is 19.3. The Morgan fingerprint density at radius 1 is 0.605 bits per heavy atom. The smallest absolute Gasteiger partial charge is 0.317 e. The zero-order valence-electron chi connectivity index (χ0n) is 22.9. The van der Waals surface area contributed by atoms with Crippen LogP contribution in [0, 0.1) is 53.0 Å². The standard InChI is InChI=1S/C32H45F5O/c1-20-2-4-21(5-3-20)23-10-14-27(15-11-23)32(36,37)38-28-16-12-24(13-17-28)22-6-8-25(9-7-22)26-18-29(33)31(35)30(34)19-26/h18-25,27-28H,2-17H2,1H3. The Morgan fingerprint density at radius 2 is 1.03 bits per heavy atom. The zero-order chi connectivity index (χ0) is 26.9. The van der Waals surface area contributed by atoms with E-state index in [0.29, 0.717) is 49.0 Å². The van der Waals surface area contributed by atoms with E-state index in [4.69, 9.17) is 4.74 Å². The van der Waals surface area contributed by atoms with Gasteiger partial charge in [0, 0.05) is 0 Å². The lowest BCUT2D eigenvalue weighted by atomic mass is 9.69. The monoisotopic (exact) mass is 540 g/mol. The Labute approximate surface area is 225 Å². The van der Waals surface area contributed by atoms with E-state index in [0.717, 1.165) is 75.3 Å². The molecule has 0 bridgehead atoms. The first-order chi connectivity index (χ1) is 18.2. The molecule has 4 saturated carbocycles. The number of rotatable bonds is 6. The van der Waals surface area contributed by atoms with Crippen molar-refractivity contribution in [3.05, 3.63) is 35.1 Å². The first-order valence-electron chi connectivity index (χ1n) is 15.4. The van der Waals surface area contributed by atoms with Crippen LogP contribution in [0.15, 0.2) is 12.1 Å². The highest BCUT2D eigenvalue weighted by Crippen LogP contribution is 2.48. The predicted octanol–water partition coefficient (Wildman–Crippen LogP) is 10.2. The molecule has 38 heavy (non-hydrogen) atoms. The van der Waals surface area contributed by atoms with Gasteiger partial charge >= 0.3 is 6.11 Å². The maximum absolute atomic E-state index is 15.2. The molecule has 214 valence electrons. The van der Waals surface area contributed by atoms with Crippen molar-refractivity contribution in [1.29, 1.82) is 0 Å². The Balaban J connectivity index is 1.04. The minimum absolute atomic E-state index is 0.0472. The summed E-state index contributed by atoms with van der Waals surface area (Å²) in [6.07, 6.45) is 11.5. The molecule has 4 aliphatic rings. The fourth-order valence-electron chi connectivity index (χ4n) is 8.42. The average Bonchev–Trinajstić information content (AvgIpc) is 2.92. The summed E-state index contributed by atoms with van der Waals surface area (Å²) in [5, 5.41) is 0. The lowest BCUT2D eigenvalue weighted by Crippen LogP contribution is -2.40. The second-order valence-corrected chi connectivity index (χ2v) is 13.3. The summed E-state index contributed by atoms with van der Waals surface area (Å²) < 4.78 is 76.5. The fraction of sp³-hybridized carbons (Fsp3) is 0.812. The summed E-state index contributed by atoms with van der Waals surface area (Å²) in [7, 11) is 0. The minimum Gasteiger partial charge on any atom is -0.317 e. The third-order valence-electron chi connectivity index (χ3n) is 10.9. The van der Waals surface area contributed by atoms with Crippen molar-refractivity contribution in [2.45, 2.75) is 128 Å². The molecular formula is C32H45F5O. The topological polar surface area (TPSA) is 9.23 Å². The van der Waals surface area contributed by atoms with Crippen molar-refractivity contribution in [3.8, 4) is 0 Å². The van der Waals surface area contributed by atoms with Gasteiger partial charge in [-0.15, -0.1) is 0 Å². The maximum atomic E-state index is 15.2. The van der Waals surface area contributed by atoms with E-state index in [1.807, 2.05) is 0 Å². The van der Waals surface area contributed by atoms with E-state index < -0.39 is 29.5 Å². The quantitative estimate of drug-likeness (QED) is 0.258. The van der Waals surface area contributed by atoms with Crippen molar-refractivity contribution < 1.29 is 26.7 Å². The van der Waals surface area contributed by atoms with E-state index in [9.17, 15) is 13.2 Å². The molecule has 4 fully saturated rings. The maximum Gasteiger partial charge on any atom is 0.358 e. The molecule has 0 unspecified atom stereocenters. The molecule has 0 radical (unpaired) electrons. The molecule has 1 nitrogen and oxygen atoms in total. The van der Waals surface area contributed by atoms with Crippen LogP contribution in [0.5, 0.6) is 0 Å². The number of hydrogen-bond donors (Lipinski definition) is 0.